The van der Waals surface area contributed by atoms with E-state index in [2.05, 4.69) is 26.6 Å². The summed E-state index contributed by atoms with van der Waals surface area (Å²) in [6.07, 6.45) is 4.47. The largest absolute Gasteiger partial charge is 0.389 e. The first-order valence-electron chi connectivity index (χ1n) is 5.31. The molecule has 0 aromatic rings. The Morgan fingerprint density at radius 3 is 2.38 bits per heavy atom. The quantitative estimate of drug-likeness (QED) is 0.642. The first-order chi connectivity index (χ1) is 5.93. The van der Waals surface area contributed by atoms with E-state index in [9.17, 15) is 5.11 Å². The highest BCUT2D eigenvalue weighted by atomic mass is 28.3. The highest BCUT2D eigenvalue weighted by Crippen LogP contribution is 2.30. The first kappa shape index (κ1) is 11.0. The van der Waals surface area contributed by atoms with E-state index in [4.69, 9.17) is 0 Å². The summed E-state index contributed by atoms with van der Waals surface area (Å²) in [6, 6.07) is 0. The molecule has 13 heavy (non-hydrogen) atoms. The molecule has 0 aromatic carbocycles. The molecule has 0 saturated heterocycles. The molecule has 76 valence electrons. The van der Waals surface area contributed by atoms with Crippen LogP contribution in [0.3, 0.4) is 0 Å². The maximum atomic E-state index is 9.87. The third kappa shape index (κ3) is 2.68. The van der Waals surface area contributed by atoms with Gasteiger partial charge < -0.3 is 5.11 Å². The van der Waals surface area contributed by atoms with Crippen molar-refractivity contribution in [3.63, 3.8) is 0 Å². The topological polar surface area (TPSA) is 20.2 Å². The van der Waals surface area contributed by atoms with Gasteiger partial charge in [-0.2, -0.15) is 0 Å². The monoisotopic (exact) mass is 198 g/mol. The molecule has 1 unspecified atom stereocenters. The van der Waals surface area contributed by atoms with Crippen molar-refractivity contribution in [1.29, 1.82) is 0 Å². The Morgan fingerprint density at radius 1 is 1.31 bits per heavy atom. The SMILES string of the molecule is C/C(=C1\CCCCC1O)[Si](C)(C)C. The average molecular weight is 198 g/mol. The second-order valence-corrected chi connectivity index (χ2v) is 10.4. The van der Waals surface area contributed by atoms with Gasteiger partial charge in [-0.3, -0.25) is 0 Å². The average Bonchev–Trinajstić information content (AvgIpc) is 2.02. The van der Waals surface area contributed by atoms with Crippen molar-refractivity contribution in [2.75, 3.05) is 0 Å². The minimum absolute atomic E-state index is 0.125. The zero-order valence-corrected chi connectivity index (χ0v) is 10.4. The van der Waals surface area contributed by atoms with Crippen LogP contribution in [0, 0.1) is 0 Å². The van der Waals surface area contributed by atoms with Crippen molar-refractivity contribution in [1.82, 2.24) is 0 Å². The van der Waals surface area contributed by atoms with Crippen molar-refractivity contribution < 1.29 is 5.11 Å². The van der Waals surface area contributed by atoms with Crippen LogP contribution in [0.1, 0.15) is 32.6 Å². The van der Waals surface area contributed by atoms with E-state index in [0.717, 1.165) is 12.8 Å². The van der Waals surface area contributed by atoms with Gasteiger partial charge in [0.1, 0.15) is 0 Å². The summed E-state index contributed by atoms with van der Waals surface area (Å²) in [4.78, 5) is 0. The number of rotatable bonds is 1. The number of hydrogen-bond acceptors (Lipinski definition) is 1. The van der Waals surface area contributed by atoms with Gasteiger partial charge in [-0.15, -0.1) is 0 Å². The lowest BCUT2D eigenvalue weighted by atomic mass is 9.92. The minimum Gasteiger partial charge on any atom is -0.389 e. The highest BCUT2D eigenvalue weighted by molar-refractivity contribution is 6.83. The van der Waals surface area contributed by atoms with Crippen LogP contribution >= 0.6 is 0 Å². The first-order valence-corrected chi connectivity index (χ1v) is 8.81. The molecule has 1 fully saturated rings. The standard InChI is InChI=1S/C11H22OSi/c1-9(13(2,3)4)10-7-5-6-8-11(10)12/h11-12H,5-8H2,1-4H3/b10-9-. The van der Waals surface area contributed by atoms with Crippen LogP contribution in [0.2, 0.25) is 19.6 Å². The fourth-order valence-corrected chi connectivity index (χ4v) is 3.17. The minimum atomic E-state index is -1.17. The summed E-state index contributed by atoms with van der Waals surface area (Å²) in [5, 5.41) is 11.4. The number of hydrogen-bond donors (Lipinski definition) is 1. The van der Waals surface area contributed by atoms with Crippen molar-refractivity contribution in [3.8, 4) is 0 Å². The van der Waals surface area contributed by atoms with Gasteiger partial charge in [0.05, 0.1) is 14.2 Å². The number of allylic oxidation sites excluding steroid dienone is 1. The Labute approximate surface area is 82.9 Å². The second kappa shape index (κ2) is 3.97. The molecular weight excluding hydrogens is 176 g/mol. The molecule has 2 heteroatoms. The molecule has 1 rings (SSSR count). The van der Waals surface area contributed by atoms with Gasteiger partial charge in [0.2, 0.25) is 0 Å². The fraction of sp³-hybridized carbons (Fsp3) is 0.818. The molecule has 0 bridgehead atoms. The third-order valence-corrected chi connectivity index (χ3v) is 5.75. The Hall–Kier alpha value is -0.0831. The van der Waals surface area contributed by atoms with Gasteiger partial charge >= 0.3 is 0 Å². The lowest BCUT2D eigenvalue weighted by Crippen LogP contribution is -2.28. The van der Waals surface area contributed by atoms with Crippen LogP contribution in [0.4, 0.5) is 0 Å². The molecule has 1 atom stereocenters. The van der Waals surface area contributed by atoms with Crippen molar-refractivity contribution in [3.05, 3.63) is 10.8 Å². The normalized spacial score (nSPS) is 28.8. The predicted octanol–water partition coefficient (Wildman–Crippen LogP) is 3.12. The van der Waals surface area contributed by atoms with Gasteiger partial charge in [-0.05, 0) is 31.8 Å². The number of aliphatic hydroxyl groups excluding tert-OH is 1. The molecule has 0 aromatic heterocycles. The van der Waals surface area contributed by atoms with Crippen molar-refractivity contribution >= 4 is 8.07 Å². The molecule has 0 aliphatic heterocycles. The van der Waals surface area contributed by atoms with E-state index in [1.165, 1.54) is 23.6 Å². The van der Waals surface area contributed by atoms with Crippen LogP contribution < -0.4 is 0 Å². The van der Waals surface area contributed by atoms with Crippen LogP contribution in [0.25, 0.3) is 0 Å². The predicted molar refractivity (Wildman–Crippen MR) is 60.5 cm³/mol. The smallest absolute Gasteiger partial charge is 0.0749 e. The molecule has 0 heterocycles. The summed E-state index contributed by atoms with van der Waals surface area (Å²) in [5.74, 6) is 0. The Kier molecular flexibility index (Phi) is 3.36. The van der Waals surface area contributed by atoms with Crippen LogP contribution in [-0.2, 0) is 0 Å². The number of aliphatic hydroxyl groups is 1. The summed E-state index contributed by atoms with van der Waals surface area (Å²) < 4.78 is 0. The maximum Gasteiger partial charge on any atom is 0.0749 e. The van der Waals surface area contributed by atoms with E-state index in [1.54, 1.807) is 0 Å². The Morgan fingerprint density at radius 2 is 1.92 bits per heavy atom. The molecule has 1 aliphatic rings. The third-order valence-electron chi connectivity index (χ3n) is 3.18. The highest BCUT2D eigenvalue weighted by Gasteiger charge is 2.24. The zero-order chi connectivity index (χ0) is 10.1. The van der Waals surface area contributed by atoms with Crippen LogP contribution in [-0.4, -0.2) is 19.3 Å². The molecule has 1 nitrogen and oxygen atoms in total. The summed E-state index contributed by atoms with van der Waals surface area (Å²) >= 11 is 0. The lowest BCUT2D eigenvalue weighted by Gasteiger charge is -2.28. The fourth-order valence-electron chi connectivity index (χ4n) is 1.91. The van der Waals surface area contributed by atoms with Gasteiger partial charge in [0, 0.05) is 0 Å². The summed E-state index contributed by atoms with van der Waals surface area (Å²) in [7, 11) is -1.17. The molecular formula is C11H22OSi. The maximum absolute atomic E-state index is 9.87. The lowest BCUT2D eigenvalue weighted by molar-refractivity contribution is 0.178. The molecule has 1 saturated carbocycles. The molecule has 1 aliphatic carbocycles. The van der Waals surface area contributed by atoms with Crippen LogP contribution in [0.15, 0.2) is 10.8 Å². The molecule has 1 N–H and O–H groups in total. The summed E-state index contributed by atoms with van der Waals surface area (Å²) in [5.41, 5.74) is 1.37. The molecule has 0 spiro atoms. The van der Waals surface area contributed by atoms with Gasteiger partial charge in [0.25, 0.3) is 0 Å². The van der Waals surface area contributed by atoms with Gasteiger partial charge in [-0.1, -0.05) is 31.3 Å². The second-order valence-electron chi connectivity index (χ2n) is 5.16. The molecule has 0 amide bonds. The van der Waals surface area contributed by atoms with Crippen molar-refractivity contribution in [2.45, 2.75) is 58.4 Å². The van der Waals surface area contributed by atoms with Crippen LogP contribution in [0.5, 0.6) is 0 Å². The van der Waals surface area contributed by atoms with Gasteiger partial charge in [-0.25, -0.2) is 0 Å². The van der Waals surface area contributed by atoms with E-state index in [1.807, 2.05) is 0 Å². The van der Waals surface area contributed by atoms with Gasteiger partial charge in [0.15, 0.2) is 0 Å². The van der Waals surface area contributed by atoms with Crippen molar-refractivity contribution in [2.24, 2.45) is 0 Å². The van der Waals surface area contributed by atoms with E-state index < -0.39 is 8.07 Å². The van der Waals surface area contributed by atoms with E-state index in [-0.39, 0.29) is 6.10 Å². The Balaban J connectivity index is 2.88. The zero-order valence-electron chi connectivity index (χ0n) is 9.35. The van der Waals surface area contributed by atoms with E-state index >= 15 is 0 Å². The summed E-state index contributed by atoms with van der Waals surface area (Å²) in [6.45, 7) is 9.31. The van der Waals surface area contributed by atoms with E-state index in [0.29, 0.717) is 0 Å². The molecule has 0 radical (unpaired) electrons. The Bertz CT molecular complexity index is 213.